The van der Waals surface area contributed by atoms with E-state index in [2.05, 4.69) is 5.32 Å². The third-order valence-electron chi connectivity index (χ3n) is 2.48. The number of methoxy groups -OCH3 is 1. The molecule has 16 heavy (non-hydrogen) atoms. The zero-order valence-electron chi connectivity index (χ0n) is 9.03. The van der Waals surface area contributed by atoms with Crippen molar-refractivity contribution in [1.82, 2.24) is 5.32 Å². The van der Waals surface area contributed by atoms with Gasteiger partial charge in [-0.3, -0.25) is 4.79 Å². The number of rotatable bonds is 3. The molecule has 2 rings (SSSR count). The molecule has 0 aliphatic carbocycles. The van der Waals surface area contributed by atoms with Crippen molar-refractivity contribution in [2.45, 2.75) is 6.04 Å². The fourth-order valence-corrected chi connectivity index (χ4v) is 1.44. The van der Waals surface area contributed by atoms with Gasteiger partial charge in [0.05, 0.1) is 31.9 Å². The summed E-state index contributed by atoms with van der Waals surface area (Å²) in [4.78, 5) is 11.8. The minimum absolute atomic E-state index is 0.0955. The second kappa shape index (κ2) is 4.40. The molecular formula is C11H14N2O3. The lowest BCUT2D eigenvalue weighted by Crippen LogP contribution is -2.48. The van der Waals surface area contributed by atoms with E-state index in [0.717, 1.165) is 0 Å². The molecular weight excluding hydrogens is 208 g/mol. The third-order valence-corrected chi connectivity index (χ3v) is 2.48. The lowest BCUT2D eigenvalue weighted by Gasteiger charge is -2.27. The van der Waals surface area contributed by atoms with Gasteiger partial charge < -0.3 is 20.5 Å². The van der Waals surface area contributed by atoms with E-state index in [9.17, 15) is 4.79 Å². The van der Waals surface area contributed by atoms with E-state index in [-0.39, 0.29) is 11.9 Å². The molecule has 1 aromatic rings. The second-order valence-corrected chi connectivity index (χ2v) is 3.66. The standard InChI is InChI=1S/C11H14N2O3/c1-15-8-2-3-10(12)9(4-8)11(14)13-7-5-16-6-7/h2-4,7H,5-6,12H2,1H3,(H,13,14). The summed E-state index contributed by atoms with van der Waals surface area (Å²) in [7, 11) is 1.55. The molecule has 1 heterocycles. The van der Waals surface area contributed by atoms with E-state index in [0.29, 0.717) is 30.2 Å². The number of carbonyl (C=O) groups is 1. The van der Waals surface area contributed by atoms with Crippen molar-refractivity contribution >= 4 is 11.6 Å². The van der Waals surface area contributed by atoms with E-state index < -0.39 is 0 Å². The fraction of sp³-hybridized carbons (Fsp3) is 0.364. The van der Waals surface area contributed by atoms with Crippen LogP contribution in [-0.4, -0.2) is 32.3 Å². The maximum atomic E-state index is 11.8. The Morgan fingerprint density at radius 2 is 2.31 bits per heavy atom. The van der Waals surface area contributed by atoms with Gasteiger partial charge in [-0.2, -0.15) is 0 Å². The van der Waals surface area contributed by atoms with Gasteiger partial charge in [0.15, 0.2) is 0 Å². The van der Waals surface area contributed by atoms with Gasteiger partial charge in [-0.25, -0.2) is 0 Å². The minimum Gasteiger partial charge on any atom is -0.497 e. The van der Waals surface area contributed by atoms with Crippen molar-refractivity contribution in [1.29, 1.82) is 0 Å². The number of carbonyl (C=O) groups excluding carboxylic acids is 1. The van der Waals surface area contributed by atoms with Crippen LogP contribution in [0.4, 0.5) is 5.69 Å². The molecule has 0 radical (unpaired) electrons. The summed E-state index contributed by atoms with van der Waals surface area (Å²) >= 11 is 0. The Labute approximate surface area is 93.5 Å². The highest BCUT2D eigenvalue weighted by Crippen LogP contribution is 2.19. The molecule has 0 spiro atoms. The molecule has 0 bridgehead atoms. The Bertz CT molecular complexity index is 402. The van der Waals surface area contributed by atoms with Crippen LogP contribution in [-0.2, 0) is 4.74 Å². The zero-order chi connectivity index (χ0) is 11.5. The summed E-state index contributed by atoms with van der Waals surface area (Å²) in [6.07, 6.45) is 0. The largest absolute Gasteiger partial charge is 0.497 e. The second-order valence-electron chi connectivity index (χ2n) is 3.66. The number of anilines is 1. The first kappa shape index (κ1) is 10.8. The first-order valence-electron chi connectivity index (χ1n) is 5.03. The molecule has 0 saturated carbocycles. The summed E-state index contributed by atoms with van der Waals surface area (Å²) in [6, 6.07) is 5.10. The van der Waals surface area contributed by atoms with E-state index in [4.69, 9.17) is 15.2 Å². The van der Waals surface area contributed by atoms with Gasteiger partial charge in [-0.05, 0) is 18.2 Å². The summed E-state index contributed by atoms with van der Waals surface area (Å²) < 4.78 is 10.0. The van der Waals surface area contributed by atoms with E-state index >= 15 is 0 Å². The summed E-state index contributed by atoms with van der Waals surface area (Å²) in [5, 5.41) is 2.83. The number of hydrogen-bond acceptors (Lipinski definition) is 4. The van der Waals surface area contributed by atoms with Gasteiger partial charge in [0.2, 0.25) is 0 Å². The molecule has 1 saturated heterocycles. The molecule has 1 fully saturated rings. The smallest absolute Gasteiger partial charge is 0.253 e. The van der Waals surface area contributed by atoms with Crippen molar-refractivity contribution in [3.8, 4) is 5.75 Å². The van der Waals surface area contributed by atoms with Crippen LogP contribution < -0.4 is 15.8 Å². The van der Waals surface area contributed by atoms with E-state index in [1.165, 1.54) is 0 Å². The van der Waals surface area contributed by atoms with Crippen LogP contribution >= 0.6 is 0 Å². The maximum absolute atomic E-state index is 11.8. The Balaban J connectivity index is 2.13. The molecule has 5 nitrogen and oxygen atoms in total. The Hall–Kier alpha value is -1.75. The predicted octanol–water partition coefficient (Wildman–Crippen LogP) is 0.406. The highest BCUT2D eigenvalue weighted by molar-refractivity contribution is 5.99. The highest BCUT2D eigenvalue weighted by Gasteiger charge is 2.22. The maximum Gasteiger partial charge on any atom is 0.253 e. The molecule has 1 aromatic carbocycles. The van der Waals surface area contributed by atoms with Gasteiger partial charge in [0.1, 0.15) is 5.75 Å². The van der Waals surface area contributed by atoms with E-state index in [1.807, 2.05) is 0 Å². The quantitative estimate of drug-likeness (QED) is 0.726. The van der Waals surface area contributed by atoms with E-state index in [1.54, 1.807) is 25.3 Å². The predicted molar refractivity (Wildman–Crippen MR) is 59.5 cm³/mol. The van der Waals surface area contributed by atoms with Crippen LogP contribution in [0.3, 0.4) is 0 Å². The van der Waals surface area contributed by atoms with Crippen LogP contribution in [0.2, 0.25) is 0 Å². The van der Waals surface area contributed by atoms with Gasteiger partial charge in [0.25, 0.3) is 5.91 Å². The van der Waals surface area contributed by atoms with Crippen LogP contribution in [0.15, 0.2) is 18.2 Å². The summed E-state index contributed by atoms with van der Waals surface area (Å²) in [5.41, 5.74) is 6.61. The van der Waals surface area contributed by atoms with Crippen LogP contribution in [0.5, 0.6) is 5.75 Å². The Morgan fingerprint density at radius 3 is 2.88 bits per heavy atom. The van der Waals surface area contributed by atoms with Gasteiger partial charge >= 0.3 is 0 Å². The number of benzene rings is 1. The third kappa shape index (κ3) is 2.09. The first-order chi connectivity index (χ1) is 7.70. The topological polar surface area (TPSA) is 73.6 Å². The molecule has 0 unspecified atom stereocenters. The molecule has 1 amide bonds. The highest BCUT2D eigenvalue weighted by atomic mass is 16.5. The summed E-state index contributed by atoms with van der Waals surface area (Å²) in [5.74, 6) is 0.425. The molecule has 1 aliphatic rings. The van der Waals surface area contributed by atoms with Crippen molar-refractivity contribution in [3.63, 3.8) is 0 Å². The lowest BCUT2D eigenvalue weighted by molar-refractivity contribution is -0.00345. The number of nitrogen functional groups attached to an aromatic ring is 1. The van der Waals surface area contributed by atoms with Gasteiger partial charge in [0, 0.05) is 5.69 Å². The summed E-state index contributed by atoms with van der Waals surface area (Å²) in [6.45, 7) is 1.13. The number of nitrogens with one attached hydrogen (secondary N) is 1. The SMILES string of the molecule is COc1ccc(N)c(C(=O)NC2COC2)c1. The number of nitrogens with two attached hydrogens (primary N) is 1. The number of ether oxygens (including phenoxy) is 2. The molecule has 3 N–H and O–H groups in total. The molecule has 0 atom stereocenters. The molecule has 86 valence electrons. The fourth-order valence-electron chi connectivity index (χ4n) is 1.44. The number of amides is 1. The average molecular weight is 222 g/mol. The van der Waals surface area contributed by atoms with Crippen molar-refractivity contribution < 1.29 is 14.3 Å². The van der Waals surface area contributed by atoms with Crippen LogP contribution in [0, 0.1) is 0 Å². The van der Waals surface area contributed by atoms with Crippen molar-refractivity contribution in [2.75, 3.05) is 26.1 Å². The average Bonchev–Trinajstić information content (AvgIpc) is 2.24. The molecule has 5 heteroatoms. The molecule has 0 aromatic heterocycles. The van der Waals surface area contributed by atoms with Gasteiger partial charge in [-0.15, -0.1) is 0 Å². The normalized spacial score (nSPS) is 15.3. The van der Waals surface area contributed by atoms with Crippen molar-refractivity contribution in [2.24, 2.45) is 0 Å². The van der Waals surface area contributed by atoms with Crippen molar-refractivity contribution in [3.05, 3.63) is 23.8 Å². The molecule has 1 aliphatic heterocycles. The number of hydrogen-bond donors (Lipinski definition) is 2. The minimum atomic E-state index is -0.190. The van der Waals surface area contributed by atoms with Crippen LogP contribution in [0.25, 0.3) is 0 Å². The Morgan fingerprint density at radius 1 is 1.56 bits per heavy atom. The lowest BCUT2D eigenvalue weighted by atomic mass is 10.1. The monoisotopic (exact) mass is 222 g/mol. The van der Waals surface area contributed by atoms with Crippen LogP contribution in [0.1, 0.15) is 10.4 Å². The Kier molecular flexibility index (Phi) is 2.96. The van der Waals surface area contributed by atoms with Gasteiger partial charge in [-0.1, -0.05) is 0 Å². The first-order valence-corrected chi connectivity index (χ1v) is 5.03. The zero-order valence-corrected chi connectivity index (χ0v) is 9.03.